The molecule has 284 valence electrons. The van der Waals surface area contributed by atoms with Gasteiger partial charge in [-0.05, 0) is 94.0 Å². The van der Waals surface area contributed by atoms with E-state index in [1.807, 2.05) is 22.7 Å². The second kappa shape index (κ2) is 13.5. The zero-order valence-electron chi connectivity index (χ0n) is 32.7. The molecule has 0 aliphatic rings. The second-order valence-electron chi connectivity index (χ2n) is 15.7. The Labute approximate surface area is 359 Å². The molecular weight excluding hydrogens is 779 g/mol. The maximum Gasteiger partial charge on any atom is 0.235 e. The molecule has 61 heavy (non-hydrogen) atoms. The smallest absolute Gasteiger partial charge is 0.235 e. The van der Waals surface area contributed by atoms with Gasteiger partial charge in [0.15, 0.2) is 0 Å². The standard InChI is InChI=1S/C56H33N3S2/c1-3-13-34(14-4-1)38-29-39(35-15-5-2-6-16-35)31-40(30-38)53-45-19-7-10-20-48(45)57-56(58-53)59-49-27-23-36(37-24-28-52-47(33-37)42-18-9-11-21-50(42)60-52)32-46(49)43-25-26-44-41-17-8-12-22-51(41)61-55(44)54(43)59/h1-33H. The lowest BCUT2D eigenvalue weighted by molar-refractivity contribution is 1.02. The van der Waals surface area contributed by atoms with Crippen molar-refractivity contribution in [3.63, 3.8) is 0 Å². The van der Waals surface area contributed by atoms with Gasteiger partial charge in [-0.2, -0.15) is 0 Å². The first-order valence-corrected chi connectivity index (χ1v) is 22.2. The molecule has 0 atom stereocenters. The SMILES string of the molecule is c1ccc(-c2cc(-c3ccccc3)cc(-c3nc(-n4c5ccc(-c6ccc7sc8ccccc8c7c6)cc5c5ccc6c7ccccc7sc6c54)nc4ccccc34)c2)cc1. The van der Waals surface area contributed by atoms with E-state index in [-0.39, 0.29) is 0 Å². The number of fused-ring (bicyclic) bond motifs is 11. The van der Waals surface area contributed by atoms with E-state index in [9.17, 15) is 0 Å². The topological polar surface area (TPSA) is 30.7 Å². The van der Waals surface area contributed by atoms with Gasteiger partial charge in [0.25, 0.3) is 0 Å². The Hall–Kier alpha value is -7.44. The van der Waals surface area contributed by atoms with Crippen molar-refractivity contribution >= 4 is 95.7 Å². The minimum absolute atomic E-state index is 0.656. The summed E-state index contributed by atoms with van der Waals surface area (Å²) in [5, 5.41) is 8.51. The number of aromatic nitrogens is 3. The van der Waals surface area contributed by atoms with Gasteiger partial charge < -0.3 is 0 Å². The molecule has 0 amide bonds. The van der Waals surface area contributed by atoms with Crippen LogP contribution < -0.4 is 0 Å². The van der Waals surface area contributed by atoms with Gasteiger partial charge >= 0.3 is 0 Å². The molecule has 3 nitrogen and oxygen atoms in total. The molecular formula is C56H33N3S2. The molecule has 0 saturated carbocycles. The fraction of sp³-hybridized carbons (Fsp3) is 0. The molecule has 0 unspecified atom stereocenters. The van der Waals surface area contributed by atoms with Crippen LogP contribution in [0, 0.1) is 0 Å². The lowest BCUT2D eigenvalue weighted by atomic mass is 9.94. The number of benzene rings is 9. The maximum atomic E-state index is 5.64. The predicted octanol–water partition coefficient (Wildman–Crippen LogP) is 16.1. The highest BCUT2D eigenvalue weighted by Gasteiger charge is 2.22. The first kappa shape index (κ1) is 34.4. The molecule has 0 aliphatic carbocycles. The van der Waals surface area contributed by atoms with Crippen molar-refractivity contribution in [3.8, 4) is 50.6 Å². The van der Waals surface area contributed by atoms with Gasteiger partial charge in [0.05, 0.1) is 26.9 Å². The van der Waals surface area contributed by atoms with E-state index in [1.165, 1.54) is 62.2 Å². The van der Waals surface area contributed by atoms with Crippen molar-refractivity contribution < 1.29 is 0 Å². The molecule has 0 aliphatic heterocycles. The molecule has 4 aromatic heterocycles. The summed E-state index contributed by atoms with van der Waals surface area (Å²) in [5.74, 6) is 0.656. The third-order valence-electron chi connectivity index (χ3n) is 12.2. The van der Waals surface area contributed by atoms with E-state index in [0.29, 0.717) is 5.95 Å². The van der Waals surface area contributed by atoms with Gasteiger partial charge in [0.2, 0.25) is 5.95 Å². The Morgan fingerprint density at radius 1 is 0.328 bits per heavy atom. The first-order chi connectivity index (χ1) is 30.2. The van der Waals surface area contributed by atoms with Crippen LogP contribution in [-0.4, -0.2) is 14.5 Å². The monoisotopic (exact) mass is 811 g/mol. The van der Waals surface area contributed by atoms with E-state index in [4.69, 9.17) is 9.97 Å². The summed E-state index contributed by atoms with van der Waals surface area (Å²) in [6, 6.07) is 72.5. The van der Waals surface area contributed by atoms with E-state index < -0.39 is 0 Å². The molecule has 0 bridgehead atoms. The molecule has 9 aromatic carbocycles. The van der Waals surface area contributed by atoms with Crippen LogP contribution in [0.5, 0.6) is 0 Å². The lowest BCUT2D eigenvalue weighted by Crippen LogP contribution is -2.03. The summed E-state index contributed by atoms with van der Waals surface area (Å²) in [4.78, 5) is 11.1. The summed E-state index contributed by atoms with van der Waals surface area (Å²) in [6.07, 6.45) is 0. The van der Waals surface area contributed by atoms with Crippen LogP contribution in [0.2, 0.25) is 0 Å². The Kier molecular flexibility index (Phi) is 7.65. The molecule has 0 fully saturated rings. The average molecular weight is 812 g/mol. The van der Waals surface area contributed by atoms with E-state index >= 15 is 0 Å². The van der Waals surface area contributed by atoms with E-state index in [2.05, 4.69) is 205 Å². The highest BCUT2D eigenvalue weighted by atomic mass is 32.1. The number of hydrogen-bond acceptors (Lipinski definition) is 4. The minimum Gasteiger partial charge on any atom is -0.276 e. The second-order valence-corrected chi connectivity index (χ2v) is 17.9. The minimum atomic E-state index is 0.656. The van der Waals surface area contributed by atoms with Gasteiger partial charge in [-0.1, -0.05) is 140 Å². The van der Waals surface area contributed by atoms with E-state index in [1.54, 1.807) is 0 Å². The van der Waals surface area contributed by atoms with Crippen LogP contribution in [0.25, 0.3) is 124 Å². The zero-order valence-corrected chi connectivity index (χ0v) is 34.3. The summed E-state index contributed by atoms with van der Waals surface area (Å²) in [5.41, 5.74) is 12.1. The average Bonchev–Trinajstić information content (AvgIpc) is 4.01. The highest BCUT2D eigenvalue weighted by Crippen LogP contribution is 2.45. The molecule has 4 heterocycles. The summed E-state index contributed by atoms with van der Waals surface area (Å²) in [6.45, 7) is 0. The van der Waals surface area contributed by atoms with Crippen molar-refractivity contribution in [2.45, 2.75) is 0 Å². The molecule has 0 radical (unpaired) electrons. The van der Waals surface area contributed by atoms with Gasteiger partial charge in [-0.3, -0.25) is 4.57 Å². The summed E-state index contributed by atoms with van der Waals surface area (Å²) >= 11 is 3.70. The molecule has 0 N–H and O–H groups in total. The van der Waals surface area contributed by atoms with Crippen molar-refractivity contribution in [2.75, 3.05) is 0 Å². The van der Waals surface area contributed by atoms with Crippen molar-refractivity contribution in [2.24, 2.45) is 0 Å². The van der Waals surface area contributed by atoms with Gasteiger partial charge in [-0.15, -0.1) is 22.7 Å². The van der Waals surface area contributed by atoms with Gasteiger partial charge in [0, 0.05) is 57.4 Å². The lowest BCUT2D eigenvalue weighted by Gasteiger charge is -2.15. The van der Waals surface area contributed by atoms with Crippen LogP contribution in [0.1, 0.15) is 0 Å². The third kappa shape index (κ3) is 5.48. The zero-order chi connectivity index (χ0) is 40.0. The van der Waals surface area contributed by atoms with Crippen LogP contribution in [0.4, 0.5) is 0 Å². The Bertz CT molecular complexity index is 3820. The fourth-order valence-corrected chi connectivity index (χ4v) is 11.6. The Morgan fingerprint density at radius 3 is 1.62 bits per heavy atom. The number of thiophene rings is 2. The predicted molar refractivity (Wildman–Crippen MR) is 261 cm³/mol. The summed E-state index contributed by atoms with van der Waals surface area (Å²) < 4.78 is 7.46. The largest absolute Gasteiger partial charge is 0.276 e. The molecule has 0 spiro atoms. The number of rotatable bonds is 5. The van der Waals surface area contributed by atoms with Crippen LogP contribution in [0.15, 0.2) is 200 Å². The normalized spacial score (nSPS) is 11.9. The molecule has 0 saturated heterocycles. The van der Waals surface area contributed by atoms with Crippen molar-refractivity contribution in [1.82, 2.24) is 14.5 Å². The van der Waals surface area contributed by atoms with Gasteiger partial charge in [0.1, 0.15) is 0 Å². The number of hydrogen-bond donors (Lipinski definition) is 0. The summed E-state index contributed by atoms with van der Waals surface area (Å²) in [7, 11) is 0. The molecule has 13 rings (SSSR count). The fourth-order valence-electron chi connectivity index (χ4n) is 9.32. The van der Waals surface area contributed by atoms with Crippen LogP contribution in [0.3, 0.4) is 0 Å². The Balaban J connectivity index is 1.09. The highest BCUT2D eigenvalue weighted by molar-refractivity contribution is 7.26. The third-order valence-corrected chi connectivity index (χ3v) is 14.5. The number of nitrogens with zero attached hydrogens (tertiary/aromatic N) is 3. The van der Waals surface area contributed by atoms with Crippen molar-refractivity contribution in [3.05, 3.63) is 200 Å². The first-order valence-electron chi connectivity index (χ1n) is 20.6. The molecule has 5 heteroatoms. The van der Waals surface area contributed by atoms with E-state index in [0.717, 1.165) is 55.4 Å². The quantitative estimate of drug-likeness (QED) is 0.173. The number of para-hydroxylation sites is 1. The Morgan fingerprint density at radius 2 is 0.885 bits per heavy atom. The van der Waals surface area contributed by atoms with Gasteiger partial charge in [-0.25, -0.2) is 9.97 Å². The maximum absolute atomic E-state index is 5.64. The van der Waals surface area contributed by atoms with Crippen LogP contribution in [-0.2, 0) is 0 Å². The van der Waals surface area contributed by atoms with Crippen LogP contribution >= 0.6 is 22.7 Å². The van der Waals surface area contributed by atoms with Crippen molar-refractivity contribution in [1.29, 1.82) is 0 Å². The molecule has 13 aromatic rings.